The molecule has 0 aliphatic rings. The molecule has 130 valence electrons. The lowest BCUT2D eigenvalue weighted by Crippen LogP contribution is -2.14. The molecule has 8 heteroatoms. The SMILES string of the molecule is CCOc1ccc2nc(SCC(=O)Nc3ccc(Br)cc3F)sc2c1. The minimum absolute atomic E-state index is 0.160. The second-order valence-electron chi connectivity index (χ2n) is 5.00. The Morgan fingerprint density at radius 2 is 2.20 bits per heavy atom. The van der Waals surface area contributed by atoms with Crippen molar-refractivity contribution in [1.82, 2.24) is 4.98 Å². The standard InChI is InChI=1S/C17H14BrFN2O2S2/c1-2-23-11-4-6-14-15(8-11)25-17(21-14)24-9-16(22)20-13-5-3-10(18)7-12(13)19/h3-8H,2,9H2,1H3,(H,20,22). The average Bonchev–Trinajstić information content (AvgIpc) is 2.98. The lowest BCUT2D eigenvalue weighted by molar-refractivity contribution is -0.113. The van der Waals surface area contributed by atoms with E-state index in [1.165, 1.54) is 35.2 Å². The van der Waals surface area contributed by atoms with Gasteiger partial charge in [-0.3, -0.25) is 4.79 Å². The molecule has 1 N–H and O–H groups in total. The van der Waals surface area contributed by atoms with Crippen molar-refractivity contribution in [2.75, 3.05) is 17.7 Å². The second-order valence-corrected chi connectivity index (χ2v) is 8.17. The third-order valence-corrected chi connectivity index (χ3v) is 5.84. The van der Waals surface area contributed by atoms with Crippen molar-refractivity contribution in [1.29, 1.82) is 0 Å². The molecule has 0 bridgehead atoms. The molecule has 1 amide bonds. The van der Waals surface area contributed by atoms with Crippen LogP contribution in [0.1, 0.15) is 6.92 Å². The van der Waals surface area contributed by atoms with Crippen molar-refractivity contribution in [3.05, 3.63) is 46.7 Å². The highest BCUT2D eigenvalue weighted by Crippen LogP contribution is 2.32. The monoisotopic (exact) mass is 440 g/mol. The maximum Gasteiger partial charge on any atom is 0.234 e. The molecule has 3 rings (SSSR count). The summed E-state index contributed by atoms with van der Waals surface area (Å²) in [6.45, 7) is 2.55. The fourth-order valence-corrected chi connectivity index (χ4v) is 4.34. The van der Waals surface area contributed by atoms with E-state index in [1.807, 2.05) is 25.1 Å². The minimum atomic E-state index is -0.476. The summed E-state index contributed by atoms with van der Waals surface area (Å²) in [4.78, 5) is 16.5. The number of nitrogens with one attached hydrogen (secondary N) is 1. The molecule has 0 saturated carbocycles. The summed E-state index contributed by atoms with van der Waals surface area (Å²) < 4.78 is 21.6. The predicted octanol–water partition coefficient (Wildman–Crippen LogP) is 5.33. The first-order valence-corrected chi connectivity index (χ1v) is 10.1. The van der Waals surface area contributed by atoms with Crippen molar-refractivity contribution in [3.8, 4) is 5.75 Å². The zero-order chi connectivity index (χ0) is 17.8. The summed E-state index contributed by atoms with van der Waals surface area (Å²) in [6, 6.07) is 10.2. The number of rotatable bonds is 6. The van der Waals surface area contributed by atoms with E-state index in [-0.39, 0.29) is 17.3 Å². The van der Waals surface area contributed by atoms with Crippen LogP contribution in [0.2, 0.25) is 0 Å². The molecule has 4 nitrogen and oxygen atoms in total. The van der Waals surface area contributed by atoms with Crippen molar-refractivity contribution in [2.24, 2.45) is 0 Å². The van der Waals surface area contributed by atoms with Crippen molar-refractivity contribution < 1.29 is 13.9 Å². The summed E-state index contributed by atoms with van der Waals surface area (Å²) in [5.74, 6) is 0.212. The number of thiazole rings is 1. The second kappa shape index (κ2) is 8.16. The first-order chi connectivity index (χ1) is 12.0. The molecule has 0 aliphatic carbocycles. The Hall–Kier alpha value is -1.64. The summed E-state index contributed by atoms with van der Waals surface area (Å²) >= 11 is 6.01. The van der Waals surface area contributed by atoms with Gasteiger partial charge in [0.1, 0.15) is 11.6 Å². The van der Waals surface area contributed by atoms with Crippen molar-refractivity contribution in [2.45, 2.75) is 11.3 Å². The highest BCUT2D eigenvalue weighted by Gasteiger charge is 2.11. The van der Waals surface area contributed by atoms with Gasteiger partial charge >= 0.3 is 0 Å². The largest absolute Gasteiger partial charge is 0.494 e. The van der Waals surface area contributed by atoms with Crippen LogP contribution in [-0.4, -0.2) is 23.3 Å². The highest BCUT2D eigenvalue weighted by molar-refractivity contribution is 9.10. The third kappa shape index (κ3) is 4.71. The number of hydrogen-bond donors (Lipinski definition) is 1. The van der Waals surface area contributed by atoms with Crippen molar-refractivity contribution >= 4 is 60.8 Å². The Kier molecular flexibility index (Phi) is 5.93. The summed E-state index contributed by atoms with van der Waals surface area (Å²) in [6.07, 6.45) is 0. The molecule has 0 aliphatic heterocycles. The number of halogens is 2. The van der Waals surface area contributed by atoms with E-state index in [4.69, 9.17) is 4.74 Å². The van der Waals surface area contributed by atoms with Gasteiger partial charge in [0, 0.05) is 4.47 Å². The molecular weight excluding hydrogens is 427 g/mol. The number of amides is 1. The van der Waals surface area contributed by atoms with Gasteiger partial charge < -0.3 is 10.1 Å². The van der Waals surface area contributed by atoms with E-state index in [0.29, 0.717) is 11.1 Å². The maximum atomic E-state index is 13.7. The van der Waals surface area contributed by atoms with Crippen LogP contribution in [0, 0.1) is 5.82 Å². The number of aromatic nitrogens is 1. The zero-order valence-corrected chi connectivity index (χ0v) is 16.4. The molecule has 1 aromatic heterocycles. The fraction of sp³-hybridized carbons (Fsp3) is 0.176. The molecule has 0 fully saturated rings. The molecule has 0 spiro atoms. The lowest BCUT2D eigenvalue weighted by Gasteiger charge is -2.05. The van der Waals surface area contributed by atoms with E-state index in [1.54, 1.807) is 6.07 Å². The Labute approximate surface area is 160 Å². The average molecular weight is 441 g/mol. The highest BCUT2D eigenvalue weighted by atomic mass is 79.9. The van der Waals surface area contributed by atoms with Crippen LogP contribution in [0.25, 0.3) is 10.2 Å². The van der Waals surface area contributed by atoms with Gasteiger partial charge in [-0.25, -0.2) is 9.37 Å². The molecule has 0 unspecified atom stereocenters. The quantitative estimate of drug-likeness (QED) is 0.526. The third-order valence-electron chi connectivity index (χ3n) is 3.18. The van der Waals surface area contributed by atoms with Gasteiger partial charge in [0.2, 0.25) is 5.91 Å². The normalized spacial score (nSPS) is 10.8. The van der Waals surface area contributed by atoms with E-state index >= 15 is 0 Å². The van der Waals surface area contributed by atoms with Crippen molar-refractivity contribution in [3.63, 3.8) is 0 Å². The fourth-order valence-electron chi connectivity index (χ4n) is 2.11. The number of hydrogen-bond acceptors (Lipinski definition) is 5. The molecule has 25 heavy (non-hydrogen) atoms. The zero-order valence-electron chi connectivity index (χ0n) is 13.2. The van der Waals surface area contributed by atoms with Crippen LogP contribution in [-0.2, 0) is 4.79 Å². The number of anilines is 1. The van der Waals surface area contributed by atoms with Gasteiger partial charge in [0.05, 0.1) is 28.3 Å². The topological polar surface area (TPSA) is 51.2 Å². The number of carbonyl (C=O) groups excluding carboxylic acids is 1. The van der Waals surface area contributed by atoms with E-state index < -0.39 is 5.82 Å². The number of fused-ring (bicyclic) bond motifs is 1. The molecule has 2 aromatic carbocycles. The Morgan fingerprint density at radius 3 is 2.96 bits per heavy atom. The number of benzene rings is 2. The summed E-state index contributed by atoms with van der Waals surface area (Å²) in [7, 11) is 0. The first-order valence-electron chi connectivity index (χ1n) is 7.46. The number of carbonyl (C=O) groups is 1. The van der Waals surface area contributed by atoms with Crippen LogP contribution < -0.4 is 10.1 Å². The van der Waals surface area contributed by atoms with E-state index in [0.717, 1.165) is 20.3 Å². The summed E-state index contributed by atoms with van der Waals surface area (Å²) in [5, 5.41) is 2.57. The molecule has 0 radical (unpaired) electrons. The predicted molar refractivity (Wildman–Crippen MR) is 104 cm³/mol. The number of ether oxygens (including phenoxy) is 1. The van der Waals surface area contributed by atoms with E-state index in [2.05, 4.69) is 26.2 Å². The van der Waals surface area contributed by atoms with Gasteiger partial charge in [-0.05, 0) is 43.3 Å². The van der Waals surface area contributed by atoms with Crippen LogP contribution in [0.3, 0.4) is 0 Å². The van der Waals surface area contributed by atoms with Crippen LogP contribution in [0.5, 0.6) is 5.75 Å². The van der Waals surface area contributed by atoms with Gasteiger partial charge in [0.15, 0.2) is 4.34 Å². The first kappa shape index (κ1) is 18.2. The van der Waals surface area contributed by atoms with Gasteiger partial charge in [-0.15, -0.1) is 11.3 Å². The number of nitrogens with zero attached hydrogens (tertiary/aromatic N) is 1. The van der Waals surface area contributed by atoms with Crippen LogP contribution >= 0.6 is 39.0 Å². The Bertz CT molecular complexity index is 917. The van der Waals surface area contributed by atoms with E-state index in [9.17, 15) is 9.18 Å². The Balaban J connectivity index is 1.62. The molecule has 0 atom stereocenters. The Morgan fingerprint density at radius 1 is 1.36 bits per heavy atom. The maximum absolute atomic E-state index is 13.7. The minimum Gasteiger partial charge on any atom is -0.494 e. The molecule has 0 saturated heterocycles. The van der Waals surface area contributed by atoms with Gasteiger partial charge in [0.25, 0.3) is 0 Å². The van der Waals surface area contributed by atoms with Crippen LogP contribution in [0.15, 0.2) is 45.2 Å². The molecular formula is C17H14BrFN2O2S2. The molecule has 1 heterocycles. The number of thioether (sulfide) groups is 1. The lowest BCUT2D eigenvalue weighted by atomic mass is 10.3. The van der Waals surface area contributed by atoms with Gasteiger partial charge in [-0.1, -0.05) is 27.7 Å². The molecule has 3 aromatic rings. The van der Waals surface area contributed by atoms with Gasteiger partial charge in [-0.2, -0.15) is 0 Å². The summed E-state index contributed by atoms with van der Waals surface area (Å²) in [5.41, 5.74) is 1.04. The smallest absolute Gasteiger partial charge is 0.234 e. The van der Waals surface area contributed by atoms with Crippen LogP contribution in [0.4, 0.5) is 10.1 Å².